The lowest BCUT2D eigenvalue weighted by Crippen LogP contribution is -2.44. The van der Waals surface area contributed by atoms with E-state index in [4.69, 9.17) is 14.2 Å². The lowest BCUT2D eigenvalue weighted by molar-refractivity contribution is -0.146. The third-order valence-electron chi connectivity index (χ3n) is 3.90. The van der Waals surface area contributed by atoms with Crippen LogP contribution in [-0.2, 0) is 25.5 Å². The van der Waals surface area contributed by atoms with E-state index in [1.165, 1.54) is 6.92 Å². The summed E-state index contributed by atoms with van der Waals surface area (Å²) in [5, 5.41) is 13.6. The van der Waals surface area contributed by atoms with Crippen LogP contribution in [0.25, 0.3) is 0 Å². The summed E-state index contributed by atoms with van der Waals surface area (Å²) < 4.78 is 16.4. The smallest absolute Gasteiger partial charge is 0.302 e. The van der Waals surface area contributed by atoms with Crippen molar-refractivity contribution in [1.29, 1.82) is 0 Å². The normalized spacial score (nSPS) is 22.1. The number of aliphatic hydroxyl groups excluding tert-OH is 1. The molecule has 134 valence electrons. The Morgan fingerprint density at radius 3 is 2.71 bits per heavy atom. The van der Waals surface area contributed by atoms with Gasteiger partial charge in [0.05, 0.1) is 18.8 Å². The van der Waals surface area contributed by atoms with Gasteiger partial charge in [-0.15, -0.1) is 0 Å². The van der Waals surface area contributed by atoms with E-state index in [1.807, 2.05) is 44.2 Å². The van der Waals surface area contributed by atoms with E-state index in [1.54, 1.807) is 0 Å². The van der Waals surface area contributed by atoms with Gasteiger partial charge >= 0.3 is 5.97 Å². The summed E-state index contributed by atoms with van der Waals surface area (Å²) in [4.78, 5) is 10.9. The molecule has 0 unspecified atom stereocenters. The molecule has 1 aliphatic heterocycles. The molecule has 6 heteroatoms. The molecule has 1 aromatic carbocycles. The average Bonchev–Trinajstić information content (AvgIpc) is 2.90. The minimum absolute atomic E-state index is 0.0180. The van der Waals surface area contributed by atoms with Crippen LogP contribution >= 0.6 is 0 Å². The van der Waals surface area contributed by atoms with Gasteiger partial charge < -0.3 is 24.6 Å². The molecule has 0 bridgehead atoms. The number of esters is 1. The van der Waals surface area contributed by atoms with E-state index < -0.39 is 17.9 Å². The van der Waals surface area contributed by atoms with E-state index in [9.17, 15) is 9.90 Å². The van der Waals surface area contributed by atoms with Gasteiger partial charge in [-0.1, -0.05) is 30.3 Å². The first-order valence-electron chi connectivity index (χ1n) is 8.26. The van der Waals surface area contributed by atoms with E-state index in [-0.39, 0.29) is 18.8 Å². The van der Waals surface area contributed by atoms with Crippen LogP contribution in [0.2, 0.25) is 0 Å². The molecule has 0 spiro atoms. The van der Waals surface area contributed by atoms with Crippen molar-refractivity contribution < 1.29 is 24.1 Å². The average molecular weight is 337 g/mol. The summed E-state index contributed by atoms with van der Waals surface area (Å²) in [5.74, 6) is -1.03. The predicted octanol–water partition coefficient (Wildman–Crippen LogP) is 1.61. The van der Waals surface area contributed by atoms with Crippen LogP contribution < -0.4 is 5.32 Å². The predicted molar refractivity (Wildman–Crippen MR) is 89.2 cm³/mol. The maximum atomic E-state index is 10.9. The largest absolute Gasteiger partial charge is 0.463 e. The molecule has 1 aliphatic rings. The van der Waals surface area contributed by atoms with Gasteiger partial charge in [0.25, 0.3) is 0 Å². The molecule has 0 amide bonds. The highest BCUT2D eigenvalue weighted by molar-refractivity contribution is 5.65. The number of hydrogen-bond donors (Lipinski definition) is 2. The van der Waals surface area contributed by atoms with Crippen LogP contribution in [0.1, 0.15) is 32.8 Å². The molecule has 0 saturated carbocycles. The second-order valence-corrected chi connectivity index (χ2v) is 6.53. The minimum Gasteiger partial charge on any atom is -0.463 e. The highest BCUT2D eigenvalue weighted by Gasteiger charge is 2.38. The number of ether oxygens (including phenoxy) is 3. The SMILES string of the molecule is CC(=O)OC[C@@H](O)C[C@@H](NCc1ccccc1)[C@H]1COC(C)(C)O1. The van der Waals surface area contributed by atoms with Crippen molar-refractivity contribution in [2.75, 3.05) is 13.2 Å². The fourth-order valence-electron chi connectivity index (χ4n) is 2.70. The van der Waals surface area contributed by atoms with E-state index >= 15 is 0 Å². The zero-order valence-corrected chi connectivity index (χ0v) is 14.5. The van der Waals surface area contributed by atoms with Crippen molar-refractivity contribution in [3.8, 4) is 0 Å². The summed E-state index contributed by atoms with van der Waals surface area (Å²) >= 11 is 0. The van der Waals surface area contributed by atoms with Gasteiger partial charge in [0.15, 0.2) is 5.79 Å². The van der Waals surface area contributed by atoms with Gasteiger partial charge in [-0.2, -0.15) is 0 Å². The Balaban J connectivity index is 1.94. The van der Waals surface area contributed by atoms with Crippen molar-refractivity contribution in [3.63, 3.8) is 0 Å². The molecule has 24 heavy (non-hydrogen) atoms. The Morgan fingerprint density at radius 2 is 2.12 bits per heavy atom. The molecular weight excluding hydrogens is 310 g/mol. The maximum absolute atomic E-state index is 10.9. The number of nitrogens with one attached hydrogen (secondary N) is 1. The van der Waals surface area contributed by atoms with Crippen LogP contribution in [0.4, 0.5) is 0 Å². The molecule has 1 heterocycles. The molecular formula is C18H27NO5. The Kier molecular flexibility index (Phi) is 6.74. The maximum Gasteiger partial charge on any atom is 0.302 e. The van der Waals surface area contributed by atoms with E-state index in [2.05, 4.69) is 5.32 Å². The highest BCUT2D eigenvalue weighted by atomic mass is 16.7. The molecule has 0 radical (unpaired) electrons. The molecule has 1 aromatic rings. The summed E-state index contributed by atoms with van der Waals surface area (Å²) in [6.45, 7) is 6.17. The van der Waals surface area contributed by atoms with Crippen molar-refractivity contribution in [3.05, 3.63) is 35.9 Å². The Labute approximate surface area is 143 Å². The summed E-state index contributed by atoms with van der Waals surface area (Å²) in [7, 11) is 0. The monoisotopic (exact) mass is 337 g/mol. The number of carbonyl (C=O) groups excluding carboxylic acids is 1. The first kappa shape index (κ1) is 18.9. The van der Waals surface area contributed by atoms with Gasteiger partial charge in [0.2, 0.25) is 0 Å². The number of benzene rings is 1. The molecule has 1 fully saturated rings. The Hall–Kier alpha value is -1.47. The first-order valence-corrected chi connectivity index (χ1v) is 8.26. The summed E-state index contributed by atoms with van der Waals surface area (Å²) in [6.07, 6.45) is -0.519. The molecule has 0 aromatic heterocycles. The number of rotatable bonds is 8. The fraction of sp³-hybridized carbons (Fsp3) is 0.611. The molecule has 1 saturated heterocycles. The van der Waals surface area contributed by atoms with E-state index in [0.717, 1.165) is 5.56 Å². The van der Waals surface area contributed by atoms with Crippen LogP contribution in [0.15, 0.2) is 30.3 Å². The standard InChI is InChI=1S/C18H27NO5/c1-13(20)22-11-15(21)9-16(17-12-23-18(2,3)24-17)19-10-14-7-5-4-6-8-14/h4-8,15-17,19,21H,9-12H2,1-3H3/t15-,16+,17+/m0/s1. The van der Waals surface area contributed by atoms with Crippen LogP contribution in [0.3, 0.4) is 0 Å². The lowest BCUT2D eigenvalue weighted by atomic mass is 10.0. The molecule has 6 nitrogen and oxygen atoms in total. The van der Waals surface area contributed by atoms with Crippen LogP contribution in [-0.4, -0.2) is 48.3 Å². The number of hydrogen-bond acceptors (Lipinski definition) is 6. The summed E-state index contributed by atoms with van der Waals surface area (Å²) in [6, 6.07) is 9.91. The zero-order valence-electron chi connectivity index (χ0n) is 14.5. The van der Waals surface area contributed by atoms with Gasteiger partial charge in [0, 0.05) is 19.5 Å². The van der Waals surface area contributed by atoms with Crippen molar-refractivity contribution >= 4 is 5.97 Å². The number of aliphatic hydroxyl groups is 1. The zero-order chi connectivity index (χ0) is 17.6. The molecule has 0 aliphatic carbocycles. The van der Waals surface area contributed by atoms with Gasteiger partial charge in [-0.25, -0.2) is 0 Å². The third kappa shape index (κ3) is 6.20. The summed E-state index contributed by atoms with van der Waals surface area (Å²) in [5.41, 5.74) is 1.15. The molecule has 2 N–H and O–H groups in total. The quantitative estimate of drug-likeness (QED) is 0.702. The topological polar surface area (TPSA) is 77.0 Å². The first-order chi connectivity index (χ1) is 11.4. The van der Waals surface area contributed by atoms with Crippen LogP contribution in [0.5, 0.6) is 0 Å². The van der Waals surface area contributed by atoms with Gasteiger partial charge in [-0.05, 0) is 25.8 Å². The Bertz CT molecular complexity index is 519. The van der Waals surface area contributed by atoms with E-state index in [0.29, 0.717) is 19.6 Å². The van der Waals surface area contributed by atoms with Crippen molar-refractivity contribution in [2.24, 2.45) is 0 Å². The minimum atomic E-state index is -0.755. The molecule has 2 rings (SSSR count). The Morgan fingerprint density at radius 1 is 1.42 bits per heavy atom. The lowest BCUT2D eigenvalue weighted by Gasteiger charge is -2.27. The van der Waals surface area contributed by atoms with Gasteiger partial charge in [0.1, 0.15) is 6.61 Å². The van der Waals surface area contributed by atoms with Crippen molar-refractivity contribution in [1.82, 2.24) is 5.32 Å². The molecule has 3 atom stereocenters. The highest BCUT2D eigenvalue weighted by Crippen LogP contribution is 2.26. The second-order valence-electron chi connectivity index (χ2n) is 6.53. The van der Waals surface area contributed by atoms with Gasteiger partial charge in [-0.3, -0.25) is 4.79 Å². The van der Waals surface area contributed by atoms with Crippen molar-refractivity contribution in [2.45, 2.75) is 57.8 Å². The second kappa shape index (κ2) is 8.58. The fourth-order valence-corrected chi connectivity index (χ4v) is 2.70. The third-order valence-corrected chi connectivity index (χ3v) is 3.90. The van der Waals surface area contributed by atoms with Crippen LogP contribution in [0, 0.1) is 0 Å². The number of carbonyl (C=O) groups is 1.